The highest BCUT2D eigenvalue weighted by atomic mass is 15.2. The SMILES string of the molecule is C=C(CC)NC1C(C)[C@@]1(C)NC(=C)CC. The summed E-state index contributed by atoms with van der Waals surface area (Å²) in [6.07, 6.45) is 1.98. The minimum absolute atomic E-state index is 0.158. The third kappa shape index (κ3) is 2.36. The van der Waals surface area contributed by atoms with Crippen LogP contribution in [0.15, 0.2) is 24.6 Å². The monoisotopic (exact) mass is 208 g/mol. The molecule has 15 heavy (non-hydrogen) atoms. The third-order valence-corrected chi connectivity index (χ3v) is 3.64. The summed E-state index contributed by atoms with van der Waals surface area (Å²) >= 11 is 0. The molecule has 2 unspecified atom stereocenters. The lowest BCUT2D eigenvalue weighted by Gasteiger charge is -2.18. The van der Waals surface area contributed by atoms with E-state index in [1.165, 1.54) is 0 Å². The van der Waals surface area contributed by atoms with Crippen LogP contribution < -0.4 is 10.6 Å². The maximum absolute atomic E-state index is 4.01. The molecule has 86 valence electrons. The highest BCUT2D eigenvalue weighted by Gasteiger charge is 2.58. The van der Waals surface area contributed by atoms with Crippen LogP contribution in [0, 0.1) is 5.92 Å². The van der Waals surface area contributed by atoms with E-state index in [1.54, 1.807) is 0 Å². The molecule has 0 amide bonds. The van der Waals surface area contributed by atoms with Gasteiger partial charge in [-0.05, 0) is 19.8 Å². The van der Waals surface area contributed by atoms with Crippen molar-refractivity contribution < 1.29 is 0 Å². The highest BCUT2D eigenvalue weighted by Crippen LogP contribution is 2.44. The topological polar surface area (TPSA) is 24.1 Å². The summed E-state index contributed by atoms with van der Waals surface area (Å²) in [6, 6.07) is 0.494. The number of hydrogen-bond donors (Lipinski definition) is 2. The van der Waals surface area contributed by atoms with Crippen molar-refractivity contribution in [2.45, 2.75) is 52.1 Å². The molecule has 0 spiro atoms. The Hall–Kier alpha value is -0.920. The predicted octanol–water partition coefficient (Wildman–Crippen LogP) is 2.79. The first-order valence-electron chi connectivity index (χ1n) is 5.86. The van der Waals surface area contributed by atoms with Crippen LogP contribution in [0.4, 0.5) is 0 Å². The zero-order chi connectivity index (χ0) is 11.6. The van der Waals surface area contributed by atoms with Crippen molar-refractivity contribution >= 4 is 0 Å². The predicted molar refractivity (Wildman–Crippen MR) is 66.5 cm³/mol. The smallest absolute Gasteiger partial charge is 0.0592 e. The first-order chi connectivity index (χ1) is 6.95. The second-order valence-electron chi connectivity index (χ2n) is 4.73. The van der Waals surface area contributed by atoms with Gasteiger partial charge in [0.2, 0.25) is 0 Å². The van der Waals surface area contributed by atoms with Crippen LogP contribution in [0.5, 0.6) is 0 Å². The average Bonchev–Trinajstić information content (AvgIpc) is 2.69. The number of rotatable bonds is 6. The van der Waals surface area contributed by atoms with Crippen molar-refractivity contribution in [2.24, 2.45) is 5.92 Å². The Morgan fingerprint density at radius 2 is 1.73 bits per heavy atom. The Labute approximate surface area is 93.8 Å². The van der Waals surface area contributed by atoms with Gasteiger partial charge < -0.3 is 10.6 Å². The molecule has 2 N–H and O–H groups in total. The Balaban J connectivity index is 2.51. The Bertz CT molecular complexity index is 270. The number of nitrogens with one attached hydrogen (secondary N) is 2. The van der Waals surface area contributed by atoms with Gasteiger partial charge in [-0.15, -0.1) is 0 Å². The Kier molecular flexibility index (Phi) is 3.48. The van der Waals surface area contributed by atoms with Gasteiger partial charge in [-0.3, -0.25) is 0 Å². The van der Waals surface area contributed by atoms with Crippen LogP contribution in [0.25, 0.3) is 0 Å². The standard InChI is InChI=1S/C13H24N2/c1-7-9(3)14-12-11(5)13(12,6)15-10(4)8-2/h11-12,14-15H,3-4,7-8H2,1-2,5-6H3/t11?,12?,13-/m1/s1. The quantitative estimate of drug-likeness (QED) is 0.701. The molecule has 0 radical (unpaired) electrons. The van der Waals surface area contributed by atoms with Crippen molar-refractivity contribution in [1.82, 2.24) is 10.6 Å². The van der Waals surface area contributed by atoms with Crippen molar-refractivity contribution in [3.8, 4) is 0 Å². The van der Waals surface area contributed by atoms with E-state index in [1.807, 2.05) is 0 Å². The van der Waals surface area contributed by atoms with Crippen molar-refractivity contribution in [1.29, 1.82) is 0 Å². The summed E-state index contributed by atoms with van der Waals surface area (Å²) in [5.74, 6) is 0.629. The van der Waals surface area contributed by atoms with E-state index in [0.717, 1.165) is 24.2 Å². The van der Waals surface area contributed by atoms with Crippen LogP contribution in [-0.2, 0) is 0 Å². The van der Waals surface area contributed by atoms with Crippen LogP contribution in [-0.4, -0.2) is 11.6 Å². The van der Waals surface area contributed by atoms with Gasteiger partial charge in [0.15, 0.2) is 0 Å². The normalized spacial score (nSPS) is 33.3. The Morgan fingerprint density at radius 3 is 2.20 bits per heavy atom. The summed E-state index contributed by atoms with van der Waals surface area (Å²) in [4.78, 5) is 0. The number of allylic oxidation sites excluding steroid dienone is 2. The molecule has 1 fully saturated rings. The van der Waals surface area contributed by atoms with Gasteiger partial charge >= 0.3 is 0 Å². The molecule has 0 aromatic heterocycles. The second-order valence-corrected chi connectivity index (χ2v) is 4.73. The van der Waals surface area contributed by atoms with Crippen LogP contribution in [0.1, 0.15) is 40.5 Å². The third-order valence-electron chi connectivity index (χ3n) is 3.64. The van der Waals surface area contributed by atoms with Gasteiger partial charge in [-0.25, -0.2) is 0 Å². The molecule has 0 aromatic carbocycles. The van der Waals surface area contributed by atoms with E-state index in [4.69, 9.17) is 0 Å². The zero-order valence-corrected chi connectivity index (χ0v) is 10.5. The lowest BCUT2D eigenvalue weighted by Crippen LogP contribution is -2.35. The van der Waals surface area contributed by atoms with E-state index in [9.17, 15) is 0 Å². The molecule has 1 saturated carbocycles. The summed E-state index contributed by atoms with van der Waals surface area (Å²) in [7, 11) is 0. The summed E-state index contributed by atoms with van der Waals surface area (Å²) in [5.41, 5.74) is 2.40. The molecule has 0 saturated heterocycles. The lowest BCUT2D eigenvalue weighted by molar-refractivity contribution is 0.531. The minimum atomic E-state index is 0.158. The minimum Gasteiger partial charge on any atom is -0.383 e. The fraction of sp³-hybridized carbons (Fsp3) is 0.692. The summed E-state index contributed by atoms with van der Waals surface area (Å²) in [6.45, 7) is 16.8. The second kappa shape index (κ2) is 4.30. The first kappa shape index (κ1) is 12.2. The molecule has 0 aromatic rings. The van der Waals surface area contributed by atoms with E-state index in [2.05, 4.69) is 51.5 Å². The fourth-order valence-corrected chi connectivity index (χ4v) is 1.99. The molecule has 1 aliphatic rings. The van der Waals surface area contributed by atoms with Gasteiger partial charge in [0.25, 0.3) is 0 Å². The molecule has 0 heterocycles. The molecule has 1 rings (SSSR count). The molecular formula is C13H24N2. The maximum atomic E-state index is 4.01. The fourth-order valence-electron chi connectivity index (χ4n) is 1.99. The zero-order valence-electron chi connectivity index (χ0n) is 10.5. The largest absolute Gasteiger partial charge is 0.383 e. The van der Waals surface area contributed by atoms with Gasteiger partial charge in [0.1, 0.15) is 0 Å². The maximum Gasteiger partial charge on any atom is 0.0592 e. The molecule has 1 aliphatic carbocycles. The molecule has 3 atom stereocenters. The van der Waals surface area contributed by atoms with E-state index < -0.39 is 0 Å². The van der Waals surface area contributed by atoms with Crippen molar-refractivity contribution in [3.63, 3.8) is 0 Å². The molecule has 0 aliphatic heterocycles. The molecule has 0 bridgehead atoms. The number of hydrogen-bond acceptors (Lipinski definition) is 2. The Morgan fingerprint density at radius 1 is 1.20 bits per heavy atom. The van der Waals surface area contributed by atoms with Gasteiger partial charge in [0.05, 0.1) is 11.6 Å². The van der Waals surface area contributed by atoms with Gasteiger partial charge in [0, 0.05) is 17.3 Å². The molecule has 2 nitrogen and oxygen atoms in total. The lowest BCUT2D eigenvalue weighted by atomic mass is 10.2. The summed E-state index contributed by atoms with van der Waals surface area (Å²) in [5, 5.41) is 6.99. The molecular weight excluding hydrogens is 184 g/mol. The van der Waals surface area contributed by atoms with Gasteiger partial charge in [-0.2, -0.15) is 0 Å². The molecule has 2 heteroatoms. The van der Waals surface area contributed by atoms with Crippen molar-refractivity contribution in [3.05, 3.63) is 24.6 Å². The van der Waals surface area contributed by atoms with E-state index in [0.29, 0.717) is 12.0 Å². The van der Waals surface area contributed by atoms with Crippen molar-refractivity contribution in [2.75, 3.05) is 0 Å². The van der Waals surface area contributed by atoms with Crippen LogP contribution >= 0.6 is 0 Å². The van der Waals surface area contributed by atoms with Crippen LogP contribution in [0.2, 0.25) is 0 Å². The average molecular weight is 208 g/mol. The van der Waals surface area contributed by atoms with Gasteiger partial charge in [-0.1, -0.05) is 33.9 Å². The highest BCUT2D eigenvalue weighted by molar-refractivity contribution is 5.24. The van der Waals surface area contributed by atoms with Crippen LogP contribution in [0.3, 0.4) is 0 Å². The van der Waals surface area contributed by atoms with E-state index in [-0.39, 0.29) is 5.54 Å². The summed E-state index contributed by atoms with van der Waals surface area (Å²) < 4.78 is 0. The van der Waals surface area contributed by atoms with E-state index >= 15 is 0 Å². The first-order valence-corrected chi connectivity index (χ1v) is 5.86.